The molecule has 1 aliphatic heterocycles. The summed E-state index contributed by atoms with van der Waals surface area (Å²) in [5.74, 6) is -2.30. The van der Waals surface area contributed by atoms with Crippen LogP contribution in [0.5, 0.6) is 0 Å². The largest absolute Gasteiger partial charge is 0.463 e. The first-order chi connectivity index (χ1) is 16.2. The number of nitrogens with one attached hydrogen (secondary N) is 2. The second kappa shape index (κ2) is 12.7. The predicted octanol–water partition coefficient (Wildman–Crippen LogP) is 3.21. The minimum atomic E-state index is -0.760. The average Bonchev–Trinajstić information content (AvgIpc) is 2.77. The van der Waals surface area contributed by atoms with Gasteiger partial charge in [0, 0.05) is 24.0 Å². The number of carbonyl (C=O) groups excluding carboxylic acids is 3. The van der Waals surface area contributed by atoms with Crippen LogP contribution in [0.1, 0.15) is 51.7 Å². The number of hydrogen-bond acceptors (Lipinski definition) is 8. The zero-order valence-corrected chi connectivity index (χ0v) is 20.7. The molecule has 0 amide bonds. The third-order valence-corrected chi connectivity index (χ3v) is 5.05. The van der Waals surface area contributed by atoms with Crippen LogP contribution in [0.2, 0.25) is 0 Å². The molecule has 0 fully saturated rings. The van der Waals surface area contributed by atoms with Gasteiger partial charge >= 0.3 is 17.9 Å². The van der Waals surface area contributed by atoms with Gasteiger partial charge in [0.25, 0.3) is 0 Å². The van der Waals surface area contributed by atoms with Gasteiger partial charge in [-0.1, -0.05) is 24.3 Å². The SMILES string of the molecule is CCOC(=O)C1=C(C)NC(CNC)=C(C(=O)OCC)C1c1ccccc1/C=C/C(=O)OC(C)C. The Bertz CT molecular complexity index is 1010. The first-order valence-corrected chi connectivity index (χ1v) is 11.4. The van der Waals surface area contributed by atoms with Crippen molar-refractivity contribution in [3.8, 4) is 0 Å². The first-order valence-electron chi connectivity index (χ1n) is 11.4. The number of benzene rings is 1. The second-order valence-corrected chi connectivity index (χ2v) is 7.91. The van der Waals surface area contributed by atoms with E-state index in [1.165, 1.54) is 6.08 Å². The maximum Gasteiger partial charge on any atom is 0.336 e. The quantitative estimate of drug-likeness (QED) is 0.305. The fraction of sp³-hybridized carbons (Fsp3) is 0.423. The molecule has 1 unspecified atom stereocenters. The smallest absolute Gasteiger partial charge is 0.336 e. The molecule has 1 aliphatic rings. The number of ether oxygens (including phenoxy) is 3. The first kappa shape index (κ1) is 26.9. The minimum Gasteiger partial charge on any atom is -0.463 e. The van der Waals surface area contributed by atoms with Crippen molar-refractivity contribution in [2.75, 3.05) is 26.8 Å². The van der Waals surface area contributed by atoms with E-state index in [0.29, 0.717) is 40.2 Å². The molecular formula is C26H34N2O6. The van der Waals surface area contributed by atoms with Gasteiger partial charge < -0.3 is 24.8 Å². The highest BCUT2D eigenvalue weighted by Crippen LogP contribution is 2.41. The normalized spacial score (nSPS) is 16.0. The van der Waals surface area contributed by atoms with Crippen LogP contribution in [0.15, 0.2) is 52.9 Å². The fourth-order valence-electron chi connectivity index (χ4n) is 3.81. The van der Waals surface area contributed by atoms with Gasteiger partial charge in [-0.25, -0.2) is 14.4 Å². The number of dihydropyridines is 1. The molecule has 2 rings (SSSR count). The van der Waals surface area contributed by atoms with E-state index in [-0.39, 0.29) is 19.3 Å². The Labute approximate surface area is 201 Å². The van der Waals surface area contributed by atoms with Crippen molar-refractivity contribution in [3.05, 3.63) is 64.0 Å². The minimum absolute atomic E-state index is 0.182. The van der Waals surface area contributed by atoms with Crippen LogP contribution in [0.3, 0.4) is 0 Å². The molecule has 0 saturated heterocycles. The van der Waals surface area contributed by atoms with E-state index >= 15 is 0 Å². The third-order valence-electron chi connectivity index (χ3n) is 5.05. The number of carbonyl (C=O) groups is 3. The molecule has 184 valence electrons. The molecule has 1 heterocycles. The number of allylic oxidation sites excluding steroid dienone is 1. The standard InChI is InChI=1S/C26H34N2O6/c1-7-32-25(30)22-17(5)28-20(15-27-6)24(26(31)33-8-2)23(22)19-12-10-9-11-18(19)13-14-21(29)34-16(3)4/h9-14,16,23,27-28H,7-8,15H2,1-6H3/b14-13+. The summed E-state index contributed by atoms with van der Waals surface area (Å²) in [5, 5.41) is 6.25. The van der Waals surface area contributed by atoms with Gasteiger partial charge in [-0.05, 0) is 58.9 Å². The number of hydrogen-bond donors (Lipinski definition) is 2. The van der Waals surface area contributed by atoms with E-state index in [1.54, 1.807) is 47.7 Å². The molecule has 1 aromatic rings. The van der Waals surface area contributed by atoms with E-state index in [0.717, 1.165) is 0 Å². The zero-order valence-electron chi connectivity index (χ0n) is 20.7. The van der Waals surface area contributed by atoms with Crippen LogP contribution < -0.4 is 10.6 Å². The highest BCUT2D eigenvalue weighted by Gasteiger charge is 2.39. The Hall–Kier alpha value is -3.39. The molecule has 0 bridgehead atoms. The van der Waals surface area contributed by atoms with E-state index in [2.05, 4.69) is 10.6 Å². The maximum atomic E-state index is 13.2. The summed E-state index contributed by atoms with van der Waals surface area (Å²) in [6.07, 6.45) is 2.71. The third kappa shape index (κ3) is 6.57. The van der Waals surface area contributed by atoms with Crippen molar-refractivity contribution >= 4 is 24.0 Å². The zero-order chi connectivity index (χ0) is 25.3. The van der Waals surface area contributed by atoms with Crippen LogP contribution in [0, 0.1) is 0 Å². The molecule has 0 radical (unpaired) electrons. The molecule has 1 aromatic carbocycles. The lowest BCUT2D eigenvalue weighted by Crippen LogP contribution is -2.36. The lowest BCUT2D eigenvalue weighted by molar-refractivity contribution is -0.142. The molecule has 8 heteroatoms. The van der Waals surface area contributed by atoms with Gasteiger partial charge in [-0.15, -0.1) is 0 Å². The summed E-state index contributed by atoms with van der Waals surface area (Å²) in [6, 6.07) is 7.28. The monoisotopic (exact) mass is 470 g/mol. The lowest BCUT2D eigenvalue weighted by Gasteiger charge is -2.32. The lowest BCUT2D eigenvalue weighted by atomic mass is 9.78. The average molecular weight is 471 g/mol. The summed E-state index contributed by atoms with van der Waals surface area (Å²) >= 11 is 0. The van der Waals surface area contributed by atoms with E-state index in [4.69, 9.17) is 14.2 Å². The van der Waals surface area contributed by atoms with E-state index in [1.807, 2.05) is 24.3 Å². The molecule has 0 aliphatic carbocycles. The highest BCUT2D eigenvalue weighted by molar-refractivity contribution is 6.00. The number of esters is 3. The predicted molar refractivity (Wildman–Crippen MR) is 129 cm³/mol. The fourth-order valence-corrected chi connectivity index (χ4v) is 3.81. The van der Waals surface area contributed by atoms with Gasteiger partial charge in [0.05, 0.1) is 36.4 Å². The van der Waals surface area contributed by atoms with Gasteiger partial charge in [0.15, 0.2) is 0 Å². The van der Waals surface area contributed by atoms with Gasteiger partial charge in [0.2, 0.25) is 0 Å². The van der Waals surface area contributed by atoms with E-state index < -0.39 is 23.8 Å². The van der Waals surface area contributed by atoms with Crippen molar-refractivity contribution in [2.24, 2.45) is 0 Å². The molecule has 0 spiro atoms. The molecule has 34 heavy (non-hydrogen) atoms. The van der Waals surface area contributed by atoms with Crippen LogP contribution in [0.4, 0.5) is 0 Å². The van der Waals surface area contributed by atoms with Crippen molar-refractivity contribution in [2.45, 2.75) is 46.6 Å². The maximum absolute atomic E-state index is 13.2. The molecule has 0 saturated carbocycles. The Kier molecular flexibility index (Phi) is 10.1. The number of likely N-dealkylation sites (N-methyl/N-ethyl adjacent to an activating group) is 1. The summed E-state index contributed by atoms with van der Waals surface area (Å²) in [6.45, 7) is 9.50. The van der Waals surface area contributed by atoms with Crippen molar-refractivity contribution in [1.82, 2.24) is 10.6 Å². The molecule has 1 atom stereocenters. The number of rotatable bonds is 10. The summed E-state index contributed by atoms with van der Waals surface area (Å²) in [7, 11) is 1.77. The van der Waals surface area contributed by atoms with Gasteiger partial charge in [-0.3, -0.25) is 0 Å². The molecule has 0 aromatic heterocycles. The Balaban J connectivity index is 2.73. The van der Waals surface area contributed by atoms with Crippen molar-refractivity contribution < 1.29 is 28.6 Å². The summed E-state index contributed by atoms with van der Waals surface area (Å²) < 4.78 is 15.9. The second-order valence-electron chi connectivity index (χ2n) is 7.91. The van der Waals surface area contributed by atoms with Crippen LogP contribution in [0.25, 0.3) is 6.08 Å². The van der Waals surface area contributed by atoms with Crippen LogP contribution in [-0.4, -0.2) is 50.8 Å². The Morgan fingerprint density at radius 3 is 2.26 bits per heavy atom. The Morgan fingerprint density at radius 2 is 1.68 bits per heavy atom. The summed E-state index contributed by atoms with van der Waals surface area (Å²) in [4.78, 5) is 38.4. The van der Waals surface area contributed by atoms with Gasteiger partial charge in [0.1, 0.15) is 0 Å². The van der Waals surface area contributed by atoms with Gasteiger partial charge in [-0.2, -0.15) is 0 Å². The van der Waals surface area contributed by atoms with E-state index in [9.17, 15) is 14.4 Å². The molecular weight excluding hydrogens is 436 g/mol. The van der Waals surface area contributed by atoms with Crippen LogP contribution in [-0.2, 0) is 28.6 Å². The van der Waals surface area contributed by atoms with Crippen molar-refractivity contribution in [1.29, 1.82) is 0 Å². The topological polar surface area (TPSA) is 103 Å². The van der Waals surface area contributed by atoms with Crippen molar-refractivity contribution in [3.63, 3.8) is 0 Å². The Morgan fingerprint density at radius 1 is 1.06 bits per heavy atom. The van der Waals surface area contributed by atoms with Crippen LogP contribution >= 0.6 is 0 Å². The molecule has 2 N–H and O–H groups in total. The molecule has 8 nitrogen and oxygen atoms in total. The summed E-state index contributed by atoms with van der Waals surface area (Å²) in [5.41, 5.74) is 3.15. The highest BCUT2D eigenvalue weighted by atomic mass is 16.5.